The Morgan fingerprint density at radius 1 is 1.19 bits per heavy atom. The van der Waals surface area contributed by atoms with Crippen molar-refractivity contribution < 1.29 is 14.8 Å². The third-order valence-corrected chi connectivity index (χ3v) is 1.65. The zero-order valence-electron chi connectivity index (χ0n) is 8.60. The Kier molecular flexibility index (Phi) is 4.02. The van der Waals surface area contributed by atoms with Crippen LogP contribution in [0.25, 0.3) is 0 Å². The summed E-state index contributed by atoms with van der Waals surface area (Å²) in [6, 6.07) is 6.53. The second-order valence-electron chi connectivity index (χ2n) is 2.99. The number of oxime groups is 1. The van der Waals surface area contributed by atoms with E-state index in [9.17, 15) is 9.59 Å². The van der Waals surface area contributed by atoms with Gasteiger partial charge in [-0.15, -0.1) is 0 Å². The topological polar surface area (TPSA) is 90.8 Å². The van der Waals surface area contributed by atoms with Gasteiger partial charge in [-0.1, -0.05) is 5.16 Å². The first-order chi connectivity index (χ1) is 7.61. The number of carbonyl (C=O) groups is 2. The molecule has 1 aromatic rings. The number of carbonyl (C=O) groups excluding carboxylic acids is 2. The van der Waals surface area contributed by atoms with Crippen LogP contribution in [0.1, 0.15) is 6.92 Å². The van der Waals surface area contributed by atoms with E-state index in [0.717, 1.165) is 6.21 Å². The molecule has 84 valence electrons. The van der Waals surface area contributed by atoms with Gasteiger partial charge in [0.1, 0.15) is 6.21 Å². The highest BCUT2D eigenvalue weighted by molar-refractivity contribution is 6.31. The molecule has 3 N–H and O–H groups in total. The van der Waals surface area contributed by atoms with Crippen LogP contribution in [0.3, 0.4) is 0 Å². The molecule has 0 aliphatic heterocycles. The van der Waals surface area contributed by atoms with Gasteiger partial charge < -0.3 is 15.8 Å². The van der Waals surface area contributed by atoms with E-state index >= 15 is 0 Å². The highest BCUT2D eigenvalue weighted by Crippen LogP contribution is 2.12. The van der Waals surface area contributed by atoms with Crippen molar-refractivity contribution in [3.05, 3.63) is 24.3 Å². The van der Waals surface area contributed by atoms with Crippen molar-refractivity contribution in [3.63, 3.8) is 0 Å². The Labute approximate surface area is 92.0 Å². The standard InChI is InChI=1S/C10H11N3O3/c1-7(14)12-8-2-4-9(5-3-8)13-10(15)6-11-16/h2-6,16H,1H3,(H,12,14)(H,13,15). The van der Waals surface area contributed by atoms with Crippen LogP contribution in [0.5, 0.6) is 0 Å². The molecule has 2 amide bonds. The van der Waals surface area contributed by atoms with Gasteiger partial charge in [0.05, 0.1) is 0 Å². The maximum atomic E-state index is 11.0. The zero-order chi connectivity index (χ0) is 12.0. The number of amides is 2. The van der Waals surface area contributed by atoms with Crippen LogP contribution in [-0.2, 0) is 9.59 Å². The molecule has 0 aromatic heterocycles. The summed E-state index contributed by atoms with van der Waals surface area (Å²) in [4.78, 5) is 21.7. The minimum atomic E-state index is -0.533. The van der Waals surface area contributed by atoms with Crippen molar-refractivity contribution in [3.8, 4) is 0 Å². The van der Waals surface area contributed by atoms with E-state index in [2.05, 4.69) is 15.8 Å². The minimum Gasteiger partial charge on any atom is -0.411 e. The Hall–Kier alpha value is -2.37. The smallest absolute Gasteiger partial charge is 0.270 e. The van der Waals surface area contributed by atoms with Crippen molar-refractivity contribution in [1.82, 2.24) is 0 Å². The summed E-state index contributed by atoms with van der Waals surface area (Å²) in [6.45, 7) is 1.41. The van der Waals surface area contributed by atoms with Gasteiger partial charge >= 0.3 is 0 Å². The number of benzene rings is 1. The maximum absolute atomic E-state index is 11.0. The summed E-state index contributed by atoms with van der Waals surface area (Å²) in [5.41, 5.74) is 1.18. The third kappa shape index (κ3) is 3.79. The lowest BCUT2D eigenvalue weighted by molar-refractivity contribution is -0.114. The van der Waals surface area contributed by atoms with E-state index < -0.39 is 5.91 Å². The van der Waals surface area contributed by atoms with Gasteiger partial charge in [-0.3, -0.25) is 9.59 Å². The van der Waals surface area contributed by atoms with Crippen LogP contribution in [0.2, 0.25) is 0 Å². The van der Waals surface area contributed by atoms with E-state index in [4.69, 9.17) is 5.21 Å². The van der Waals surface area contributed by atoms with Gasteiger partial charge in [0, 0.05) is 18.3 Å². The average Bonchev–Trinajstić information content (AvgIpc) is 2.20. The lowest BCUT2D eigenvalue weighted by Gasteiger charge is -2.04. The number of hydrogen-bond acceptors (Lipinski definition) is 4. The van der Waals surface area contributed by atoms with Crippen molar-refractivity contribution in [2.75, 3.05) is 10.6 Å². The molecule has 6 nitrogen and oxygen atoms in total. The summed E-state index contributed by atoms with van der Waals surface area (Å²) >= 11 is 0. The SMILES string of the molecule is CC(=O)Nc1ccc(NC(=O)C=NO)cc1. The number of hydrogen-bond donors (Lipinski definition) is 3. The van der Waals surface area contributed by atoms with Crippen LogP contribution in [0.4, 0.5) is 11.4 Å². The quantitative estimate of drug-likeness (QED) is 0.404. The minimum absolute atomic E-state index is 0.163. The number of anilines is 2. The first-order valence-corrected chi connectivity index (χ1v) is 4.48. The largest absolute Gasteiger partial charge is 0.411 e. The first kappa shape index (κ1) is 11.7. The predicted molar refractivity (Wildman–Crippen MR) is 59.7 cm³/mol. The summed E-state index contributed by atoms with van der Waals surface area (Å²) in [5.74, 6) is -0.695. The molecule has 0 saturated heterocycles. The van der Waals surface area contributed by atoms with Gasteiger partial charge in [0.2, 0.25) is 5.91 Å². The fraction of sp³-hybridized carbons (Fsp3) is 0.100. The van der Waals surface area contributed by atoms with Gasteiger partial charge in [-0.2, -0.15) is 0 Å². The van der Waals surface area contributed by atoms with Crippen LogP contribution < -0.4 is 10.6 Å². The highest BCUT2D eigenvalue weighted by atomic mass is 16.4. The zero-order valence-corrected chi connectivity index (χ0v) is 8.60. The summed E-state index contributed by atoms with van der Waals surface area (Å²) in [6.07, 6.45) is 0.752. The highest BCUT2D eigenvalue weighted by Gasteiger charge is 1.99. The molecule has 16 heavy (non-hydrogen) atoms. The van der Waals surface area contributed by atoms with Crippen LogP contribution >= 0.6 is 0 Å². The summed E-state index contributed by atoms with van der Waals surface area (Å²) in [7, 11) is 0. The Morgan fingerprint density at radius 3 is 2.12 bits per heavy atom. The van der Waals surface area contributed by atoms with Gasteiger partial charge in [-0.25, -0.2) is 0 Å². The van der Waals surface area contributed by atoms with Crippen LogP contribution in [0, 0.1) is 0 Å². The molecule has 0 aliphatic carbocycles. The molecule has 1 aromatic carbocycles. The van der Waals surface area contributed by atoms with E-state index in [1.807, 2.05) is 0 Å². The normalized spacial score (nSPS) is 10.1. The molecule has 0 atom stereocenters. The number of nitrogens with zero attached hydrogens (tertiary/aromatic N) is 1. The van der Waals surface area contributed by atoms with E-state index in [1.54, 1.807) is 24.3 Å². The summed E-state index contributed by atoms with van der Waals surface area (Å²) < 4.78 is 0. The molecule has 0 spiro atoms. The van der Waals surface area contributed by atoms with Crippen LogP contribution in [0.15, 0.2) is 29.4 Å². The van der Waals surface area contributed by atoms with E-state index in [0.29, 0.717) is 11.4 Å². The van der Waals surface area contributed by atoms with Gasteiger partial charge in [0.25, 0.3) is 5.91 Å². The summed E-state index contributed by atoms with van der Waals surface area (Å²) in [5, 5.41) is 15.8. The van der Waals surface area contributed by atoms with Crippen molar-refractivity contribution >= 4 is 29.4 Å². The Morgan fingerprint density at radius 2 is 1.69 bits per heavy atom. The third-order valence-electron chi connectivity index (χ3n) is 1.65. The molecule has 0 unspecified atom stereocenters. The molecule has 0 fully saturated rings. The fourth-order valence-electron chi connectivity index (χ4n) is 1.07. The molecular weight excluding hydrogens is 210 g/mol. The molecular formula is C10H11N3O3. The average molecular weight is 221 g/mol. The van der Waals surface area contributed by atoms with E-state index in [1.165, 1.54) is 6.92 Å². The Bertz CT molecular complexity index is 412. The molecule has 0 heterocycles. The monoisotopic (exact) mass is 221 g/mol. The number of rotatable bonds is 3. The number of nitrogens with one attached hydrogen (secondary N) is 2. The van der Waals surface area contributed by atoms with Gasteiger partial charge in [0.15, 0.2) is 0 Å². The molecule has 0 aliphatic rings. The van der Waals surface area contributed by atoms with Crippen molar-refractivity contribution in [1.29, 1.82) is 0 Å². The predicted octanol–water partition coefficient (Wildman–Crippen LogP) is 1.04. The molecule has 0 bridgehead atoms. The van der Waals surface area contributed by atoms with Crippen molar-refractivity contribution in [2.45, 2.75) is 6.92 Å². The Balaban J connectivity index is 2.64. The van der Waals surface area contributed by atoms with Crippen LogP contribution in [-0.4, -0.2) is 23.2 Å². The molecule has 0 radical (unpaired) electrons. The molecule has 6 heteroatoms. The lowest BCUT2D eigenvalue weighted by Crippen LogP contribution is -2.12. The molecule has 1 rings (SSSR count). The lowest BCUT2D eigenvalue weighted by atomic mass is 10.2. The maximum Gasteiger partial charge on any atom is 0.270 e. The van der Waals surface area contributed by atoms with Crippen molar-refractivity contribution in [2.24, 2.45) is 5.16 Å². The second kappa shape index (κ2) is 5.50. The van der Waals surface area contributed by atoms with Gasteiger partial charge in [-0.05, 0) is 24.3 Å². The second-order valence-corrected chi connectivity index (χ2v) is 2.99. The molecule has 0 saturated carbocycles. The fourth-order valence-corrected chi connectivity index (χ4v) is 1.07. The van der Waals surface area contributed by atoms with E-state index in [-0.39, 0.29) is 5.91 Å². The first-order valence-electron chi connectivity index (χ1n) is 4.48.